The van der Waals surface area contributed by atoms with E-state index in [2.05, 4.69) is 10.0 Å². The summed E-state index contributed by atoms with van der Waals surface area (Å²) in [4.78, 5) is 11.2. The Morgan fingerprint density at radius 1 is 1.04 bits per heavy atom. The molecule has 2 aromatic rings. The van der Waals surface area contributed by atoms with Crippen LogP contribution in [0.3, 0.4) is 0 Å². The van der Waals surface area contributed by atoms with Gasteiger partial charge in [-0.1, -0.05) is 6.07 Å². The number of carbonyl (C=O) groups excluding carboxylic acids is 1. The molecule has 128 valence electrons. The fraction of sp³-hybridized carbons (Fsp3) is 0.235. The van der Waals surface area contributed by atoms with Crippen molar-refractivity contribution in [2.75, 3.05) is 17.1 Å². The first-order valence-corrected chi connectivity index (χ1v) is 8.76. The second kappa shape index (κ2) is 6.92. The Bertz CT molecular complexity index is 856. The number of sulfonamides is 1. The molecule has 2 N–H and O–H groups in total. The van der Waals surface area contributed by atoms with E-state index in [4.69, 9.17) is 4.74 Å². The summed E-state index contributed by atoms with van der Waals surface area (Å²) < 4.78 is 32.9. The van der Waals surface area contributed by atoms with E-state index in [0.29, 0.717) is 11.4 Å². The van der Waals surface area contributed by atoms with Crippen LogP contribution < -0.4 is 14.8 Å². The van der Waals surface area contributed by atoms with Crippen LogP contribution in [0, 0.1) is 13.8 Å². The molecular weight excluding hydrogens is 328 g/mol. The average Bonchev–Trinajstić information content (AvgIpc) is 2.45. The minimum absolute atomic E-state index is 0.0487. The topological polar surface area (TPSA) is 84.5 Å². The first-order valence-electron chi connectivity index (χ1n) is 7.28. The summed E-state index contributed by atoms with van der Waals surface area (Å²) in [5, 5.41) is 2.59. The largest absolute Gasteiger partial charge is 0.495 e. The highest BCUT2D eigenvalue weighted by molar-refractivity contribution is 7.92. The summed E-state index contributed by atoms with van der Waals surface area (Å²) in [5.74, 6) is 0.00534. The van der Waals surface area contributed by atoms with Gasteiger partial charge in [0.05, 0.1) is 17.7 Å². The van der Waals surface area contributed by atoms with Crippen LogP contribution in [0.4, 0.5) is 11.4 Å². The lowest BCUT2D eigenvalue weighted by atomic mass is 10.1. The molecule has 6 nitrogen and oxygen atoms in total. The molecule has 0 saturated carbocycles. The van der Waals surface area contributed by atoms with Crippen molar-refractivity contribution in [1.82, 2.24) is 0 Å². The number of benzene rings is 2. The van der Waals surface area contributed by atoms with Crippen molar-refractivity contribution in [2.45, 2.75) is 25.7 Å². The third-order valence-electron chi connectivity index (χ3n) is 3.27. The van der Waals surface area contributed by atoms with Gasteiger partial charge in [0.1, 0.15) is 5.75 Å². The summed E-state index contributed by atoms with van der Waals surface area (Å²) in [6.07, 6.45) is 0. The molecule has 0 aromatic heterocycles. The van der Waals surface area contributed by atoms with Crippen molar-refractivity contribution in [3.05, 3.63) is 47.5 Å². The van der Waals surface area contributed by atoms with Crippen LogP contribution in [0.5, 0.6) is 5.75 Å². The zero-order chi connectivity index (χ0) is 17.9. The van der Waals surface area contributed by atoms with Gasteiger partial charge < -0.3 is 10.1 Å². The molecule has 0 atom stereocenters. The summed E-state index contributed by atoms with van der Waals surface area (Å²) in [6.45, 7) is 5.16. The number of amides is 1. The van der Waals surface area contributed by atoms with E-state index < -0.39 is 10.0 Å². The van der Waals surface area contributed by atoms with E-state index in [1.807, 2.05) is 19.9 Å². The molecule has 0 heterocycles. The van der Waals surface area contributed by atoms with Crippen LogP contribution in [0.1, 0.15) is 18.1 Å². The zero-order valence-electron chi connectivity index (χ0n) is 14.0. The SMILES string of the molecule is COc1cc(S(=O)(=O)Nc2cc(C)cc(C)c2)ccc1NC(C)=O. The third-order valence-corrected chi connectivity index (χ3v) is 4.65. The quantitative estimate of drug-likeness (QED) is 0.870. The highest BCUT2D eigenvalue weighted by atomic mass is 32.2. The molecule has 2 rings (SSSR count). The van der Waals surface area contributed by atoms with E-state index in [-0.39, 0.29) is 16.6 Å². The lowest BCUT2D eigenvalue weighted by molar-refractivity contribution is -0.114. The van der Waals surface area contributed by atoms with Gasteiger partial charge in [0.25, 0.3) is 10.0 Å². The zero-order valence-corrected chi connectivity index (χ0v) is 14.8. The average molecular weight is 348 g/mol. The standard InChI is InChI=1S/C17H20N2O4S/c1-11-7-12(2)9-14(8-11)19-24(21,22)15-5-6-16(18-13(3)20)17(10-15)23-4/h5-10,19H,1-4H3,(H,18,20). The van der Waals surface area contributed by atoms with Gasteiger partial charge in [0, 0.05) is 18.7 Å². The van der Waals surface area contributed by atoms with Gasteiger partial charge in [-0.25, -0.2) is 8.42 Å². The predicted octanol–water partition coefficient (Wildman–Crippen LogP) is 3.07. The minimum atomic E-state index is -3.77. The Morgan fingerprint density at radius 3 is 2.21 bits per heavy atom. The van der Waals surface area contributed by atoms with Crippen molar-refractivity contribution < 1.29 is 17.9 Å². The molecule has 0 spiro atoms. The van der Waals surface area contributed by atoms with Crippen molar-refractivity contribution in [3.63, 3.8) is 0 Å². The van der Waals surface area contributed by atoms with Crippen LogP contribution in [-0.2, 0) is 14.8 Å². The second-order valence-electron chi connectivity index (χ2n) is 5.53. The first kappa shape index (κ1) is 17.8. The Balaban J connectivity index is 2.36. The van der Waals surface area contributed by atoms with Crippen molar-refractivity contribution >= 4 is 27.3 Å². The van der Waals surface area contributed by atoms with Gasteiger partial charge in [-0.15, -0.1) is 0 Å². The molecule has 0 unspecified atom stereocenters. The Morgan fingerprint density at radius 2 is 1.67 bits per heavy atom. The normalized spacial score (nSPS) is 11.0. The van der Waals surface area contributed by atoms with E-state index in [0.717, 1.165) is 11.1 Å². The Hall–Kier alpha value is -2.54. The van der Waals surface area contributed by atoms with Crippen LogP contribution in [0.15, 0.2) is 41.3 Å². The number of ether oxygens (including phenoxy) is 1. The van der Waals surface area contributed by atoms with Gasteiger partial charge >= 0.3 is 0 Å². The first-order chi connectivity index (χ1) is 11.2. The molecule has 2 aromatic carbocycles. The molecule has 0 bridgehead atoms. The number of anilines is 2. The molecule has 0 radical (unpaired) electrons. The van der Waals surface area contributed by atoms with Crippen molar-refractivity contribution in [3.8, 4) is 5.75 Å². The van der Waals surface area contributed by atoms with Crippen LogP contribution in [0.25, 0.3) is 0 Å². The third kappa shape index (κ3) is 4.26. The molecule has 0 fully saturated rings. The summed E-state index contributed by atoms with van der Waals surface area (Å²) in [7, 11) is -2.36. The maximum atomic E-state index is 12.6. The molecule has 0 saturated heterocycles. The lowest BCUT2D eigenvalue weighted by Gasteiger charge is -2.13. The van der Waals surface area contributed by atoms with E-state index in [1.54, 1.807) is 12.1 Å². The number of aryl methyl sites for hydroxylation is 2. The van der Waals surface area contributed by atoms with Crippen molar-refractivity contribution in [1.29, 1.82) is 0 Å². The monoisotopic (exact) mass is 348 g/mol. The van der Waals surface area contributed by atoms with Gasteiger partial charge in [0.2, 0.25) is 5.91 Å². The van der Waals surface area contributed by atoms with Crippen LogP contribution in [-0.4, -0.2) is 21.4 Å². The highest BCUT2D eigenvalue weighted by Gasteiger charge is 2.17. The fourth-order valence-corrected chi connectivity index (χ4v) is 3.43. The fourth-order valence-electron chi connectivity index (χ4n) is 2.38. The lowest BCUT2D eigenvalue weighted by Crippen LogP contribution is -2.14. The number of hydrogen-bond donors (Lipinski definition) is 2. The number of methoxy groups -OCH3 is 1. The van der Waals surface area contributed by atoms with E-state index in [1.165, 1.54) is 32.2 Å². The molecule has 0 aliphatic heterocycles. The smallest absolute Gasteiger partial charge is 0.262 e. The summed E-state index contributed by atoms with van der Waals surface area (Å²) >= 11 is 0. The van der Waals surface area contributed by atoms with Gasteiger partial charge in [0.15, 0.2) is 0 Å². The summed E-state index contributed by atoms with van der Waals surface area (Å²) in [5.41, 5.74) is 2.84. The summed E-state index contributed by atoms with van der Waals surface area (Å²) in [6, 6.07) is 9.76. The molecule has 0 aliphatic carbocycles. The van der Waals surface area contributed by atoms with Crippen LogP contribution in [0.2, 0.25) is 0 Å². The van der Waals surface area contributed by atoms with Gasteiger partial charge in [-0.2, -0.15) is 0 Å². The number of nitrogens with one attached hydrogen (secondary N) is 2. The van der Waals surface area contributed by atoms with Gasteiger partial charge in [-0.05, 0) is 49.2 Å². The Labute approximate surface area is 141 Å². The maximum Gasteiger partial charge on any atom is 0.262 e. The Kier molecular flexibility index (Phi) is 5.14. The van der Waals surface area contributed by atoms with Crippen LogP contribution >= 0.6 is 0 Å². The number of hydrogen-bond acceptors (Lipinski definition) is 4. The van der Waals surface area contributed by atoms with E-state index in [9.17, 15) is 13.2 Å². The highest BCUT2D eigenvalue weighted by Crippen LogP contribution is 2.28. The maximum absolute atomic E-state index is 12.6. The van der Waals surface area contributed by atoms with Crippen molar-refractivity contribution in [2.24, 2.45) is 0 Å². The predicted molar refractivity (Wildman–Crippen MR) is 94.0 cm³/mol. The second-order valence-corrected chi connectivity index (χ2v) is 7.21. The molecule has 1 amide bonds. The van der Waals surface area contributed by atoms with Gasteiger partial charge in [-0.3, -0.25) is 9.52 Å². The number of carbonyl (C=O) groups is 1. The molecule has 24 heavy (non-hydrogen) atoms. The van der Waals surface area contributed by atoms with E-state index >= 15 is 0 Å². The molecular formula is C17H20N2O4S. The molecule has 0 aliphatic rings. The minimum Gasteiger partial charge on any atom is -0.495 e. The number of rotatable bonds is 5. The molecule has 7 heteroatoms.